The molecule has 2 aromatic heterocycles. The molecule has 0 unspecified atom stereocenters. The molecule has 0 aliphatic heterocycles. The van der Waals surface area contributed by atoms with Gasteiger partial charge in [-0.2, -0.15) is 5.10 Å². The molecule has 1 aromatic carbocycles. The highest BCUT2D eigenvalue weighted by atomic mass is 32.1. The van der Waals surface area contributed by atoms with Crippen LogP contribution in [0.25, 0.3) is 10.2 Å². The number of hydrogen-bond donors (Lipinski definition) is 3. The first kappa shape index (κ1) is 16.2. The molecule has 0 saturated carbocycles. The highest BCUT2D eigenvalue weighted by molar-refractivity contribution is 7.22. The fraction of sp³-hybridized carbons (Fsp3) is 0.235. The van der Waals surface area contributed by atoms with Crippen LogP contribution < -0.4 is 10.7 Å². The van der Waals surface area contributed by atoms with Gasteiger partial charge in [0.1, 0.15) is 6.04 Å². The van der Waals surface area contributed by atoms with Crippen molar-refractivity contribution in [2.75, 3.05) is 5.32 Å². The molecule has 0 radical (unpaired) electrons. The third kappa shape index (κ3) is 3.62. The molecule has 3 N–H and O–H groups in total. The molecular formula is C17H19N5OS. The Morgan fingerprint density at radius 1 is 1.38 bits per heavy atom. The van der Waals surface area contributed by atoms with Crippen molar-refractivity contribution in [3.05, 3.63) is 47.3 Å². The summed E-state index contributed by atoms with van der Waals surface area (Å²) < 4.78 is 1.09. The zero-order chi connectivity index (χ0) is 17.1. The molecule has 0 bridgehead atoms. The maximum atomic E-state index is 12.1. The maximum absolute atomic E-state index is 12.1. The van der Waals surface area contributed by atoms with Crippen molar-refractivity contribution in [2.24, 2.45) is 5.10 Å². The van der Waals surface area contributed by atoms with E-state index >= 15 is 0 Å². The summed E-state index contributed by atoms with van der Waals surface area (Å²) in [6, 6.07) is 9.42. The van der Waals surface area contributed by atoms with Crippen LogP contribution in [0.15, 0.2) is 35.4 Å². The summed E-state index contributed by atoms with van der Waals surface area (Å²) in [4.78, 5) is 19.8. The number of aromatic nitrogens is 2. The lowest BCUT2D eigenvalue weighted by Gasteiger charge is -2.10. The van der Waals surface area contributed by atoms with E-state index in [1.807, 2.05) is 44.2 Å². The molecule has 124 valence electrons. The quantitative estimate of drug-likeness (QED) is 0.492. The largest absolute Gasteiger partial charge is 0.362 e. The SMILES string of the molecule is Cc1cc(/C=N/NC(=O)[C@@H](C)Nc2nc3ccccc3s2)c(C)[nH]1. The lowest BCUT2D eigenvalue weighted by Crippen LogP contribution is -2.34. The molecule has 1 atom stereocenters. The monoisotopic (exact) mass is 341 g/mol. The number of benzene rings is 1. The number of nitrogens with zero attached hydrogens (tertiary/aromatic N) is 2. The van der Waals surface area contributed by atoms with Crippen LogP contribution in [0.1, 0.15) is 23.9 Å². The number of hydrogen-bond acceptors (Lipinski definition) is 5. The zero-order valence-corrected chi connectivity index (χ0v) is 14.6. The standard InChI is InChI=1S/C17H19N5OS/c1-10-8-13(11(2)19-10)9-18-22-16(23)12(3)20-17-21-14-6-4-5-7-15(14)24-17/h4-9,12,19H,1-3H3,(H,20,21)(H,22,23)/b18-9+/t12-/m1/s1. The topological polar surface area (TPSA) is 82.2 Å². The predicted molar refractivity (Wildman–Crippen MR) is 98.7 cm³/mol. The Morgan fingerprint density at radius 2 is 2.17 bits per heavy atom. The number of amides is 1. The number of rotatable bonds is 5. The Kier molecular flexibility index (Phi) is 4.61. The summed E-state index contributed by atoms with van der Waals surface area (Å²) in [5.74, 6) is -0.213. The van der Waals surface area contributed by atoms with E-state index in [9.17, 15) is 4.79 Å². The van der Waals surface area contributed by atoms with Gasteiger partial charge in [-0.15, -0.1) is 0 Å². The van der Waals surface area contributed by atoms with Crippen molar-refractivity contribution in [3.63, 3.8) is 0 Å². The van der Waals surface area contributed by atoms with Crippen LogP contribution in [-0.4, -0.2) is 28.1 Å². The number of aryl methyl sites for hydroxylation is 2. The van der Waals surface area contributed by atoms with E-state index in [-0.39, 0.29) is 5.91 Å². The fourth-order valence-electron chi connectivity index (χ4n) is 2.33. The second-order valence-electron chi connectivity index (χ2n) is 5.62. The molecule has 3 aromatic rings. The van der Waals surface area contributed by atoms with Gasteiger partial charge in [0.05, 0.1) is 16.4 Å². The number of aromatic amines is 1. The Bertz CT molecular complexity index is 862. The number of nitrogens with one attached hydrogen (secondary N) is 3. The predicted octanol–water partition coefficient (Wildman–Crippen LogP) is 3.19. The van der Waals surface area contributed by atoms with Gasteiger partial charge in [0.25, 0.3) is 5.91 Å². The molecule has 2 heterocycles. The fourth-order valence-corrected chi connectivity index (χ4v) is 3.28. The summed E-state index contributed by atoms with van der Waals surface area (Å²) in [5, 5.41) is 7.85. The summed E-state index contributed by atoms with van der Waals surface area (Å²) in [6.07, 6.45) is 1.64. The molecule has 0 spiro atoms. The highest BCUT2D eigenvalue weighted by Gasteiger charge is 2.14. The second kappa shape index (κ2) is 6.84. The van der Waals surface area contributed by atoms with Gasteiger partial charge >= 0.3 is 0 Å². The van der Waals surface area contributed by atoms with Crippen molar-refractivity contribution >= 4 is 38.8 Å². The van der Waals surface area contributed by atoms with Gasteiger partial charge in [-0.3, -0.25) is 4.79 Å². The van der Waals surface area contributed by atoms with Crippen LogP contribution in [0.3, 0.4) is 0 Å². The Balaban J connectivity index is 1.59. The van der Waals surface area contributed by atoms with Crippen LogP contribution in [-0.2, 0) is 4.79 Å². The van der Waals surface area contributed by atoms with Crippen molar-refractivity contribution < 1.29 is 4.79 Å². The first-order valence-electron chi connectivity index (χ1n) is 7.64. The number of fused-ring (bicyclic) bond motifs is 1. The average molecular weight is 341 g/mol. The molecule has 0 aliphatic carbocycles. The number of anilines is 1. The second-order valence-corrected chi connectivity index (χ2v) is 6.65. The van der Waals surface area contributed by atoms with Crippen molar-refractivity contribution in [2.45, 2.75) is 26.8 Å². The number of thiazole rings is 1. The first-order chi connectivity index (χ1) is 11.5. The minimum absolute atomic E-state index is 0.213. The number of carbonyl (C=O) groups excluding carboxylic acids is 1. The molecule has 0 aliphatic rings. The summed E-state index contributed by atoms with van der Waals surface area (Å²) in [5.41, 5.74) is 6.52. The van der Waals surface area contributed by atoms with Gasteiger partial charge in [0.15, 0.2) is 5.13 Å². The molecule has 0 fully saturated rings. The lowest BCUT2D eigenvalue weighted by molar-refractivity contribution is -0.121. The average Bonchev–Trinajstić information content (AvgIpc) is 3.09. The molecule has 3 rings (SSSR count). The van der Waals surface area contributed by atoms with Crippen molar-refractivity contribution in [3.8, 4) is 0 Å². The number of carbonyl (C=O) groups is 1. The molecule has 0 saturated heterocycles. The highest BCUT2D eigenvalue weighted by Crippen LogP contribution is 2.25. The molecule has 7 heteroatoms. The zero-order valence-electron chi connectivity index (χ0n) is 13.8. The summed E-state index contributed by atoms with van der Waals surface area (Å²) in [6.45, 7) is 5.73. The smallest absolute Gasteiger partial charge is 0.262 e. The summed E-state index contributed by atoms with van der Waals surface area (Å²) >= 11 is 1.52. The van der Waals surface area contributed by atoms with E-state index in [1.165, 1.54) is 11.3 Å². The van der Waals surface area contributed by atoms with Crippen LogP contribution in [0.5, 0.6) is 0 Å². The van der Waals surface area contributed by atoms with Gasteiger partial charge < -0.3 is 10.3 Å². The van der Waals surface area contributed by atoms with Crippen LogP contribution in [0, 0.1) is 13.8 Å². The van der Waals surface area contributed by atoms with Crippen LogP contribution in [0.2, 0.25) is 0 Å². The van der Waals surface area contributed by atoms with E-state index in [0.29, 0.717) is 0 Å². The molecule has 24 heavy (non-hydrogen) atoms. The van der Waals surface area contributed by atoms with Crippen LogP contribution >= 0.6 is 11.3 Å². The Labute approximate surface area is 144 Å². The van der Waals surface area contributed by atoms with Gasteiger partial charge in [0.2, 0.25) is 0 Å². The number of hydrazone groups is 1. The minimum Gasteiger partial charge on any atom is -0.362 e. The third-order valence-corrected chi connectivity index (χ3v) is 4.56. The molecule has 6 nitrogen and oxygen atoms in total. The Hall–Kier alpha value is -2.67. The van der Waals surface area contributed by atoms with Crippen molar-refractivity contribution in [1.29, 1.82) is 0 Å². The summed E-state index contributed by atoms with van der Waals surface area (Å²) in [7, 11) is 0. The lowest BCUT2D eigenvalue weighted by atomic mass is 10.3. The van der Waals surface area contributed by atoms with Crippen molar-refractivity contribution in [1.82, 2.24) is 15.4 Å². The maximum Gasteiger partial charge on any atom is 0.262 e. The first-order valence-corrected chi connectivity index (χ1v) is 8.46. The molecule has 1 amide bonds. The van der Waals surface area contributed by atoms with E-state index in [0.717, 1.165) is 32.3 Å². The van der Waals surface area contributed by atoms with Gasteiger partial charge in [0, 0.05) is 17.0 Å². The molecular weight excluding hydrogens is 322 g/mol. The van der Waals surface area contributed by atoms with E-state index in [4.69, 9.17) is 0 Å². The number of para-hydroxylation sites is 1. The van der Waals surface area contributed by atoms with Gasteiger partial charge in [-0.05, 0) is 39.0 Å². The minimum atomic E-state index is -0.434. The van der Waals surface area contributed by atoms with E-state index < -0.39 is 6.04 Å². The Morgan fingerprint density at radius 3 is 2.88 bits per heavy atom. The van der Waals surface area contributed by atoms with Crippen LogP contribution in [0.4, 0.5) is 5.13 Å². The van der Waals surface area contributed by atoms with Gasteiger partial charge in [-0.1, -0.05) is 23.5 Å². The van der Waals surface area contributed by atoms with Gasteiger partial charge in [-0.25, -0.2) is 10.4 Å². The third-order valence-electron chi connectivity index (χ3n) is 3.60. The normalized spacial score (nSPS) is 12.6. The van der Waals surface area contributed by atoms with E-state index in [2.05, 4.69) is 25.8 Å². The van der Waals surface area contributed by atoms with E-state index in [1.54, 1.807) is 13.1 Å². The number of H-pyrrole nitrogens is 1.